The SMILES string of the molecule is Cc1c(C)c(C)c(CCC2CCC(C3CCC(CC=C(F)F)CC3)CC2)c(C)c1C. The first kappa shape index (κ1) is 23.5. The molecule has 0 unspecified atom stereocenters. The van der Waals surface area contributed by atoms with Gasteiger partial charge < -0.3 is 0 Å². The molecule has 168 valence electrons. The van der Waals surface area contributed by atoms with E-state index in [-0.39, 0.29) is 0 Å². The molecule has 30 heavy (non-hydrogen) atoms. The highest BCUT2D eigenvalue weighted by Gasteiger charge is 2.30. The fraction of sp³-hybridized carbons (Fsp3) is 0.714. The average Bonchev–Trinajstić information content (AvgIpc) is 2.75. The summed E-state index contributed by atoms with van der Waals surface area (Å²) >= 11 is 0. The molecule has 0 N–H and O–H groups in total. The summed E-state index contributed by atoms with van der Waals surface area (Å²) in [6, 6.07) is 0. The van der Waals surface area contributed by atoms with Crippen LogP contribution in [0.2, 0.25) is 0 Å². The van der Waals surface area contributed by atoms with Crippen LogP contribution < -0.4 is 0 Å². The maximum Gasteiger partial charge on any atom is 0.266 e. The second-order valence-electron chi connectivity index (χ2n) is 10.4. The van der Waals surface area contributed by atoms with Crippen LogP contribution >= 0.6 is 0 Å². The highest BCUT2D eigenvalue weighted by molar-refractivity contribution is 5.49. The van der Waals surface area contributed by atoms with Gasteiger partial charge in [-0.1, -0.05) is 12.8 Å². The van der Waals surface area contributed by atoms with Crippen LogP contribution in [0.15, 0.2) is 12.2 Å². The molecule has 0 aromatic heterocycles. The van der Waals surface area contributed by atoms with Crippen LogP contribution in [-0.4, -0.2) is 0 Å². The average molecular weight is 417 g/mol. The van der Waals surface area contributed by atoms with Crippen LogP contribution in [0.3, 0.4) is 0 Å². The summed E-state index contributed by atoms with van der Waals surface area (Å²) in [6.45, 7) is 11.5. The van der Waals surface area contributed by atoms with Crippen LogP contribution in [0.1, 0.15) is 97.6 Å². The Kier molecular flexibility index (Phi) is 8.16. The third-order valence-electron chi connectivity index (χ3n) is 9.01. The summed E-state index contributed by atoms with van der Waals surface area (Å²) in [5, 5.41) is 0. The highest BCUT2D eigenvalue weighted by Crippen LogP contribution is 2.43. The van der Waals surface area contributed by atoms with Crippen molar-refractivity contribution in [1.82, 2.24) is 0 Å². The first-order valence-corrected chi connectivity index (χ1v) is 12.3. The van der Waals surface area contributed by atoms with E-state index >= 15 is 0 Å². The molecule has 2 fully saturated rings. The van der Waals surface area contributed by atoms with Crippen LogP contribution in [0.5, 0.6) is 0 Å². The van der Waals surface area contributed by atoms with Gasteiger partial charge in [0.15, 0.2) is 0 Å². The van der Waals surface area contributed by atoms with Gasteiger partial charge in [-0.25, -0.2) is 0 Å². The number of hydrogen-bond acceptors (Lipinski definition) is 0. The molecule has 2 aliphatic rings. The van der Waals surface area contributed by atoms with E-state index in [1.54, 1.807) is 5.56 Å². The molecular formula is C28H42F2. The fourth-order valence-electron chi connectivity index (χ4n) is 6.40. The van der Waals surface area contributed by atoms with Crippen molar-refractivity contribution in [3.8, 4) is 0 Å². The summed E-state index contributed by atoms with van der Waals surface area (Å²) < 4.78 is 24.7. The standard InChI is InChI=1S/C28H42F2/c1-18-19(2)21(4)27(22(5)20(18)3)16-10-23-6-12-25(13-7-23)26-14-8-24(9-15-26)11-17-28(29)30/h17,23-26H,6-16H2,1-5H3. The molecule has 0 amide bonds. The third-order valence-corrected chi connectivity index (χ3v) is 9.01. The zero-order valence-electron chi connectivity index (χ0n) is 19.9. The van der Waals surface area contributed by atoms with Gasteiger partial charge in [0.1, 0.15) is 0 Å². The number of halogens is 2. The zero-order valence-corrected chi connectivity index (χ0v) is 19.9. The van der Waals surface area contributed by atoms with Crippen LogP contribution in [0.4, 0.5) is 8.78 Å². The van der Waals surface area contributed by atoms with Crippen LogP contribution in [0.25, 0.3) is 0 Å². The predicted octanol–water partition coefficient (Wildman–Crippen LogP) is 8.94. The first-order chi connectivity index (χ1) is 14.3. The van der Waals surface area contributed by atoms with Crippen LogP contribution in [0, 0.1) is 58.3 Å². The van der Waals surface area contributed by atoms with E-state index < -0.39 is 6.08 Å². The summed E-state index contributed by atoms with van der Waals surface area (Å²) in [5.74, 6) is 3.12. The fourth-order valence-corrected chi connectivity index (χ4v) is 6.40. The Morgan fingerprint density at radius 3 is 1.57 bits per heavy atom. The second kappa shape index (κ2) is 10.4. The molecule has 0 heterocycles. The smallest absolute Gasteiger partial charge is 0.174 e. The van der Waals surface area contributed by atoms with Gasteiger partial charge >= 0.3 is 0 Å². The minimum atomic E-state index is -1.50. The largest absolute Gasteiger partial charge is 0.266 e. The number of hydrogen-bond donors (Lipinski definition) is 0. The molecule has 0 aliphatic heterocycles. The Hall–Kier alpha value is -1.18. The van der Waals surface area contributed by atoms with Crippen molar-refractivity contribution < 1.29 is 8.78 Å². The van der Waals surface area contributed by atoms with E-state index in [4.69, 9.17) is 0 Å². The van der Waals surface area contributed by atoms with Gasteiger partial charge in [-0.15, -0.1) is 0 Å². The van der Waals surface area contributed by atoms with Gasteiger partial charge in [-0.2, -0.15) is 8.78 Å². The van der Waals surface area contributed by atoms with Crippen LogP contribution in [-0.2, 0) is 6.42 Å². The van der Waals surface area contributed by atoms with Crippen molar-refractivity contribution in [1.29, 1.82) is 0 Å². The van der Waals surface area contributed by atoms with E-state index in [0.29, 0.717) is 12.3 Å². The van der Waals surface area contributed by atoms with Gasteiger partial charge in [0, 0.05) is 0 Å². The topological polar surface area (TPSA) is 0 Å². The molecule has 2 aliphatic carbocycles. The van der Waals surface area contributed by atoms with E-state index in [1.165, 1.54) is 79.2 Å². The molecule has 0 saturated heterocycles. The maximum absolute atomic E-state index is 12.3. The lowest BCUT2D eigenvalue weighted by Crippen LogP contribution is -2.26. The van der Waals surface area contributed by atoms with Crippen molar-refractivity contribution in [2.24, 2.45) is 23.7 Å². The van der Waals surface area contributed by atoms with Gasteiger partial charge in [-0.05, 0) is 156 Å². The zero-order chi connectivity index (χ0) is 21.8. The molecule has 0 atom stereocenters. The minimum Gasteiger partial charge on any atom is -0.174 e. The van der Waals surface area contributed by atoms with Gasteiger partial charge in [-0.3, -0.25) is 0 Å². The van der Waals surface area contributed by atoms with Crippen molar-refractivity contribution in [3.05, 3.63) is 45.5 Å². The number of rotatable bonds is 6. The van der Waals surface area contributed by atoms with E-state index in [1.807, 2.05) is 0 Å². The van der Waals surface area contributed by atoms with Gasteiger partial charge in [0.2, 0.25) is 0 Å². The normalized spacial score (nSPS) is 27.2. The molecule has 2 saturated carbocycles. The monoisotopic (exact) mass is 416 g/mol. The second-order valence-corrected chi connectivity index (χ2v) is 10.4. The number of benzene rings is 1. The lowest BCUT2D eigenvalue weighted by Gasteiger charge is -2.38. The van der Waals surface area contributed by atoms with Crippen molar-refractivity contribution in [2.75, 3.05) is 0 Å². The molecule has 0 bridgehead atoms. The molecule has 1 aromatic rings. The van der Waals surface area contributed by atoms with Gasteiger partial charge in [0.05, 0.1) is 0 Å². The Morgan fingerprint density at radius 1 is 0.667 bits per heavy atom. The molecule has 0 spiro atoms. The molecule has 0 nitrogen and oxygen atoms in total. The van der Waals surface area contributed by atoms with Gasteiger partial charge in [0.25, 0.3) is 6.08 Å². The Balaban J connectivity index is 1.45. The Morgan fingerprint density at radius 2 is 1.10 bits per heavy atom. The van der Waals surface area contributed by atoms with Crippen molar-refractivity contribution in [2.45, 2.75) is 105 Å². The predicted molar refractivity (Wildman–Crippen MR) is 124 cm³/mol. The highest BCUT2D eigenvalue weighted by atomic mass is 19.3. The lowest BCUT2D eigenvalue weighted by molar-refractivity contribution is 0.144. The third kappa shape index (κ3) is 5.54. The molecule has 1 aromatic carbocycles. The molecule has 3 rings (SSSR count). The minimum absolute atomic E-state index is 0.493. The van der Waals surface area contributed by atoms with Crippen molar-refractivity contribution >= 4 is 0 Å². The van der Waals surface area contributed by atoms with E-state index in [2.05, 4.69) is 34.6 Å². The maximum atomic E-state index is 12.3. The summed E-state index contributed by atoms with van der Waals surface area (Å²) in [5.41, 5.74) is 9.08. The summed E-state index contributed by atoms with van der Waals surface area (Å²) in [6.07, 6.45) is 13.2. The Bertz CT molecular complexity index is 711. The van der Waals surface area contributed by atoms with E-state index in [0.717, 1.165) is 36.7 Å². The van der Waals surface area contributed by atoms with Crippen molar-refractivity contribution in [3.63, 3.8) is 0 Å². The molecular weight excluding hydrogens is 374 g/mol. The summed E-state index contributed by atoms with van der Waals surface area (Å²) in [4.78, 5) is 0. The Labute approximate surface area is 183 Å². The lowest BCUT2D eigenvalue weighted by atomic mass is 9.68. The number of allylic oxidation sites excluding steroid dienone is 1. The molecule has 0 radical (unpaired) electrons. The molecule has 2 heteroatoms. The van der Waals surface area contributed by atoms with E-state index in [9.17, 15) is 8.78 Å². The quantitative estimate of drug-likeness (QED) is 0.434. The first-order valence-electron chi connectivity index (χ1n) is 12.3. The summed E-state index contributed by atoms with van der Waals surface area (Å²) in [7, 11) is 0.